The standard InChI is InChI=1S/C34H38F4/c1-3-5-6-7-8-10-27-19-20-28(32(36)31(27)35)25-15-17-26(18-16-25)30-22-21-29(33(37)34(30)38)24-13-11-23(9-4-2)12-14-24/h13,15-23H,3-12,14H2,1-2H3. The molecule has 1 atom stereocenters. The third kappa shape index (κ3) is 6.39. The first-order valence-corrected chi connectivity index (χ1v) is 14.2. The molecule has 0 spiro atoms. The highest BCUT2D eigenvalue weighted by molar-refractivity contribution is 5.74. The van der Waals surface area contributed by atoms with Gasteiger partial charge in [0.05, 0.1) is 0 Å². The van der Waals surface area contributed by atoms with Crippen LogP contribution in [0.1, 0.15) is 89.2 Å². The van der Waals surface area contributed by atoms with Crippen molar-refractivity contribution in [3.63, 3.8) is 0 Å². The lowest BCUT2D eigenvalue weighted by Crippen LogP contribution is -2.06. The second-order valence-electron chi connectivity index (χ2n) is 10.6. The molecule has 38 heavy (non-hydrogen) atoms. The number of hydrogen-bond acceptors (Lipinski definition) is 0. The van der Waals surface area contributed by atoms with Crippen LogP contribution in [0.2, 0.25) is 0 Å². The van der Waals surface area contributed by atoms with Crippen LogP contribution in [0.4, 0.5) is 17.6 Å². The van der Waals surface area contributed by atoms with Gasteiger partial charge in [0.25, 0.3) is 0 Å². The monoisotopic (exact) mass is 522 g/mol. The van der Waals surface area contributed by atoms with Crippen LogP contribution in [0.15, 0.2) is 54.6 Å². The van der Waals surface area contributed by atoms with Gasteiger partial charge in [0.15, 0.2) is 23.3 Å². The Hall–Kier alpha value is -2.88. The smallest absolute Gasteiger partial charge is 0.167 e. The molecule has 0 radical (unpaired) electrons. The van der Waals surface area contributed by atoms with E-state index in [9.17, 15) is 8.78 Å². The van der Waals surface area contributed by atoms with Crippen molar-refractivity contribution < 1.29 is 17.6 Å². The number of unbranched alkanes of at least 4 members (excludes halogenated alkanes) is 4. The summed E-state index contributed by atoms with van der Waals surface area (Å²) in [5.74, 6) is -2.76. The van der Waals surface area contributed by atoms with Crippen LogP contribution in [-0.4, -0.2) is 0 Å². The van der Waals surface area contributed by atoms with Gasteiger partial charge in [-0.2, -0.15) is 0 Å². The summed E-state index contributed by atoms with van der Waals surface area (Å²) in [6.07, 6.45) is 12.8. The highest BCUT2D eigenvalue weighted by atomic mass is 19.2. The molecule has 1 aliphatic rings. The van der Waals surface area contributed by atoms with E-state index >= 15 is 8.78 Å². The lowest BCUT2D eigenvalue weighted by Gasteiger charge is -2.22. The molecule has 0 saturated carbocycles. The first kappa shape index (κ1) is 28.1. The van der Waals surface area contributed by atoms with E-state index in [0.717, 1.165) is 69.8 Å². The van der Waals surface area contributed by atoms with Gasteiger partial charge in [-0.3, -0.25) is 0 Å². The molecule has 0 bridgehead atoms. The molecule has 202 valence electrons. The summed E-state index contributed by atoms with van der Waals surface area (Å²) < 4.78 is 59.9. The van der Waals surface area contributed by atoms with Gasteiger partial charge in [-0.05, 0) is 60.3 Å². The largest absolute Gasteiger partial charge is 0.203 e. The Balaban J connectivity index is 1.50. The summed E-state index contributed by atoms with van der Waals surface area (Å²) in [4.78, 5) is 0. The lowest BCUT2D eigenvalue weighted by molar-refractivity contribution is 0.443. The predicted molar refractivity (Wildman–Crippen MR) is 150 cm³/mol. The van der Waals surface area contributed by atoms with Crippen LogP contribution >= 0.6 is 0 Å². The molecular weight excluding hydrogens is 484 g/mol. The molecule has 0 saturated heterocycles. The zero-order chi connectivity index (χ0) is 27.1. The maximum atomic E-state index is 15.1. The lowest BCUT2D eigenvalue weighted by atomic mass is 9.84. The highest BCUT2D eigenvalue weighted by Crippen LogP contribution is 2.37. The average Bonchev–Trinajstić information content (AvgIpc) is 2.93. The summed E-state index contributed by atoms with van der Waals surface area (Å²) in [7, 11) is 0. The van der Waals surface area contributed by atoms with E-state index in [-0.39, 0.29) is 11.1 Å². The molecule has 0 aliphatic heterocycles. The minimum Gasteiger partial charge on any atom is -0.203 e. The molecular formula is C34H38F4. The second-order valence-corrected chi connectivity index (χ2v) is 10.6. The van der Waals surface area contributed by atoms with Gasteiger partial charge >= 0.3 is 0 Å². The van der Waals surface area contributed by atoms with E-state index in [1.165, 1.54) is 0 Å². The summed E-state index contributed by atoms with van der Waals surface area (Å²) >= 11 is 0. The Morgan fingerprint density at radius 1 is 0.632 bits per heavy atom. The maximum absolute atomic E-state index is 15.1. The van der Waals surface area contributed by atoms with E-state index in [2.05, 4.69) is 19.9 Å². The Morgan fingerprint density at radius 2 is 1.21 bits per heavy atom. The van der Waals surface area contributed by atoms with Gasteiger partial charge in [-0.15, -0.1) is 0 Å². The minimum atomic E-state index is -0.882. The minimum absolute atomic E-state index is 0.156. The quantitative estimate of drug-likeness (QED) is 0.173. The Bertz CT molecular complexity index is 1260. The van der Waals surface area contributed by atoms with Crippen molar-refractivity contribution in [3.8, 4) is 22.3 Å². The van der Waals surface area contributed by atoms with Gasteiger partial charge in [-0.25, -0.2) is 17.6 Å². The molecule has 0 aromatic heterocycles. The fraction of sp³-hybridized carbons (Fsp3) is 0.412. The van der Waals surface area contributed by atoms with Crippen LogP contribution < -0.4 is 0 Å². The zero-order valence-corrected chi connectivity index (χ0v) is 22.6. The van der Waals surface area contributed by atoms with Gasteiger partial charge in [0, 0.05) is 16.7 Å². The Morgan fingerprint density at radius 3 is 1.82 bits per heavy atom. The summed E-state index contributed by atoms with van der Waals surface area (Å²) in [5.41, 5.74) is 2.90. The van der Waals surface area contributed by atoms with E-state index in [1.54, 1.807) is 48.5 Å². The zero-order valence-electron chi connectivity index (χ0n) is 22.6. The molecule has 1 unspecified atom stereocenters. The molecule has 4 heteroatoms. The SMILES string of the molecule is CCCCCCCc1ccc(-c2ccc(-c3ccc(C4=CCC(CCC)CC4)c(F)c3F)cc2)c(F)c1F. The number of hydrogen-bond donors (Lipinski definition) is 0. The van der Waals surface area contributed by atoms with Crippen molar-refractivity contribution in [1.29, 1.82) is 0 Å². The fourth-order valence-corrected chi connectivity index (χ4v) is 5.58. The summed E-state index contributed by atoms with van der Waals surface area (Å²) in [5, 5.41) is 0. The normalized spacial score (nSPS) is 15.5. The van der Waals surface area contributed by atoms with Gasteiger partial charge < -0.3 is 0 Å². The highest BCUT2D eigenvalue weighted by Gasteiger charge is 2.21. The van der Waals surface area contributed by atoms with Crippen molar-refractivity contribution in [3.05, 3.63) is 89.0 Å². The predicted octanol–water partition coefficient (Wildman–Crippen LogP) is 11.1. The third-order valence-electron chi connectivity index (χ3n) is 7.86. The molecule has 0 heterocycles. The van der Waals surface area contributed by atoms with E-state index in [4.69, 9.17) is 0 Å². The fourth-order valence-electron chi connectivity index (χ4n) is 5.58. The van der Waals surface area contributed by atoms with Crippen LogP contribution in [0.5, 0.6) is 0 Å². The number of halogens is 4. The molecule has 0 nitrogen and oxygen atoms in total. The van der Waals surface area contributed by atoms with Crippen LogP contribution in [0, 0.1) is 29.2 Å². The van der Waals surface area contributed by atoms with E-state index in [0.29, 0.717) is 34.6 Å². The maximum Gasteiger partial charge on any atom is 0.167 e. The molecule has 1 aliphatic carbocycles. The first-order chi connectivity index (χ1) is 18.4. The van der Waals surface area contributed by atoms with Crippen molar-refractivity contribution >= 4 is 5.57 Å². The molecule has 4 rings (SSSR count). The van der Waals surface area contributed by atoms with Gasteiger partial charge in [0.2, 0.25) is 0 Å². The van der Waals surface area contributed by atoms with Crippen molar-refractivity contribution in [2.24, 2.45) is 5.92 Å². The molecule has 3 aromatic carbocycles. The van der Waals surface area contributed by atoms with Crippen LogP contribution in [0.3, 0.4) is 0 Å². The molecule has 3 aromatic rings. The Kier molecular flexibility index (Phi) is 9.82. The first-order valence-electron chi connectivity index (χ1n) is 14.2. The Labute approximate surface area is 224 Å². The molecule has 0 N–H and O–H groups in total. The van der Waals surface area contributed by atoms with E-state index < -0.39 is 23.3 Å². The number of rotatable bonds is 11. The average molecular weight is 523 g/mol. The molecule has 0 amide bonds. The van der Waals surface area contributed by atoms with Crippen molar-refractivity contribution in [1.82, 2.24) is 0 Å². The second kappa shape index (κ2) is 13.3. The van der Waals surface area contributed by atoms with Crippen molar-refractivity contribution in [2.75, 3.05) is 0 Å². The van der Waals surface area contributed by atoms with Gasteiger partial charge in [0.1, 0.15) is 0 Å². The summed E-state index contributed by atoms with van der Waals surface area (Å²) in [6.45, 7) is 4.31. The number of benzene rings is 3. The summed E-state index contributed by atoms with van der Waals surface area (Å²) in [6, 6.07) is 13.0. The molecule has 0 fully saturated rings. The van der Waals surface area contributed by atoms with Gasteiger partial charge in [-0.1, -0.05) is 107 Å². The third-order valence-corrected chi connectivity index (χ3v) is 7.86. The number of allylic oxidation sites excluding steroid dienone is 2. The topological polar surface area (TPSA) is 0 Å². The van der Waals surface area contributed by atoms with Crippen molar-refractivity contribution in [2.45, 2.75) is 84.5 Å². The van der Waals surface area contributed by atoms with Crippen LogP contribution in [0.25, 0.3) is 27.8 Å². The van der Waals surface area contributed by atoms with Crippen LogP contribution in [-0.2, 0) is 6.42 Å². The van der Waals surface area contributed by atoms with E-state index in [1.807, 2.05) is 0 Å². The number of aryl methyl sites for hydroxylation is 1.